The normalized spacial score (nSPS) is 15.2. The lowest BCUT2D eigenvalue weighted by molar-refractivity contribution is 0.0505. The highest BCUT2D eigenvalue weighted by Gasteiger charge is 2.21. The third-order valence-corrected chi connectivity index (χ3v) is 3.13. The number of likely N-dealkylation sites (N-methyl/N-ethyl adjacent to an activating group) is 1. The van der Waals surface area contributed by atoms with Crippen molar-refractivity contribution in [3.05, 3.63) is 0 Å². The van der Waals surface area contributed by atoms with Crippen molar-refractivity contribution < 1.29 is 9.53 Å². The van der Waals surface area contributed by atoms with Crippen LogP contribution in [0.5, 0.6) is 0 Å². The Morgan fingerprint density at radius 2 is 2.00 bits per heavy atom. The summed E-state index contributed by atoms with van der Waals surface area (Å²) in [5.74, 6) is 0. The zero-order valence-corrected chi connectivity index (χ0v) is 13.3. The van der Waals surface area contributed by atoms with Gasteiger partial charge < -0.3 is 15.8 Å². The predicted molar refractivity (Wildman–Crippen MR) is 79.2 cm³/mol. The number of nitrogens with two attached hydrogens (primary N) is 1. The van der Waals surface area contributed by atoms with Crippen LogP contribution in [0.4, 0.5) is 4.79 Å². The minimum absolute atomic E-state index is 0.133. The fraction of sp³-hybridized carbons (Fsp3) is 0.929. The first-order valence-electron chi connectivity index (χ1n) is 7.10. The van der Waals surface area contributed by atoms with E-state index in [-0.39, 0.29) is 12.1 Å². The maximum absolute atomic E-state index is 11.6. The quantitative estimate of drug-likeness (QED) is 0.744. The average Bonchev–Trinajstić information content (AvgIpc) is 2.27. The monoisotopic (exact) mass is 273 g/mol. The molecule has 0 aliphatic rings. The summed E-state index contributed by atoms with van der Waals surface area (Å²) in [6, 6.07) is 0.591. The van der Waals surface area contributed by atoms with E-state index in [4.69, 9.17) is 10.5 Å². The highest BCUT2D eigenvalue weighted by atomic mass is 16.6. The summed E-state index contributed by atoms with van der Waals surface area (Å²) >= 11 is 0. The number of hydrogen-bond donors (Lipinski definition) is 2. The van der Waals surface area contributed by atoms with Crippen molar-refractivity contribution in [2.45, 2.75) is 65.1 Å². The molecule has 0 aromatic carbocycles. The molecule has 0 radical (unpaired) electrons. The molecule has 0 aromatic heterocycles. The van der Waals surface area contributed by atoms with E-state index in [1.54, 1.807) is 0 Å². The Morgan fingerprint density at radius 3 is 2.42 bits per heavy atom. The maximum atomic E-state index is 11.6. The molecule has 1 amide bonds. The van der Waals surface area contributed by atoms with E-state index in [9.17, 15) is 4.79 Å². The van der Waals surface area contributed by atoms with Crippen LogP contribution >= 0.6 is 0 Å². The van der Waals surface area contributed by atoms with Crippen LogP contribution in [-0.4, -0.2) is 48.8 Å². The minimum Gasteiger partial charge on any atom is -0.444 e. The molecule has 0 spiro atoms. The Labute approximate surface area is 117 Å². The van der Waals surface area contributed by atoms with Gasteiger partial charge in [-0.1, -0.05) is 13.3 Å². The van der Waals surface area contributed by atoms with E-state index in [1.165, 1.54) is 0 Å². The van der Waals surface area contributed by atoms with E-state index >= 15 is 0 Å². The molecule has 3 N–H and O–H groups in total. The molecule has 0 fully saturated rings. The lowest BCUT2D eigenvalue weighted by Crippen LogP contribution is -2.50. The molecule has 0 saturated heterocycles. The minimum atomic E-state index is -0.469. The topological polar surface area (TPSA) is 67.6 Å². The van der Waals surface area contributed by atoms with Gasteiger partial charge in [-0.2, -0.15) is 0 Å². The van der Waals surface area contributed by atoms with E-state index < -0.39 is 5.60 Å². The molecule has 5 heteroatoms. The fourth-order valence-electron chi connectivity index (χ4n) is 1.89. The van der Waals surface area contributed by atoms with Crippen LogP contribution < -0.4 is 11.1 Å². The molecule has 114 valence electrons. The van der Waals surface area contributed by atoms with Gasteiger partial charge in [0.1, 0.15) is 5.60 Å². The van der Waals surface area contributed by atoms with Gasteiger partial charge in [0.05, 0.1) is 0 Å². The molecule has 0 heterocycles. The Morgan fingerprint density at radius 1 is 1.42 bits per heavy atom. The van der Waals surface area contributed by atoms with Crippen LogP contribution in [0.25, 0.3) is 0 Å². The van der Waals surface area contributed by atoms with Gasteiger partial charge >= 0.3 is 6.09 Å². The lowest BCUT2D eigenvalue weighted by Gasteiger charge is -2.32. The second-order valence-electron chi connectivity index (χ2n) is 6.08. The van der Waals surface area contributed by atoms with Gasteiger partial charge in [-0.25, -0.2) is 4.79 Å². The van der Waals surface area contributed by atoms with E-state index in [0.29, 0.717) is 19.1 Å². The molecule has 0 saturated carbocycles. The number of nitrogens with zero attached hydrogens (tertiary/aromatic N) is 1. The number of alkyl carbamates (subject to hydrolysis) is 1. The van der Waals surface area contributed by atoms with Gasteiger partial charge in [0.25, 0.3) is 0 Å². The average molecular weight is 273 g/mol. The van der Waals surface area contributed by atoms with Crippen LogP contribution in [0.15, 0.2) is 0 Å². The van der Waals surface area contributed by atoms with Crippen LogP contribution in [0.1, 0.15) is 47.5 Å². The summed E-state index contributed by atoms with van der Waals surface area (Å²) in [5.41, 5.74) is 5.32. The molecule has 2 atom stereocenters. The number of nitrogens with one attached hydrogen (secondary N) is 1. The Bertz CT molecular complexity index is 264. The molecular formula is C14H31N3O2. The fourth-order valence-corrected chi connectivity index (χ4v) is 1.89. The second kappa shape index (κ2) is 8.38. The van der Waals surface area contributed by atoms with Gasteiger partial charge in [-0.3, -0.25) is 4.90 Å². The second-order valence-corrected chi connectivity index (χ2v) is 6.08. The molecule has 5 nitrogen and oxygen atoms in total. The van der Waals surface area contributed by atoms with Crippen molar-refractivity contribution in [1.29, 1.82) is 0 Å². The summed E-state index contributed by atoms with van der Waals surface area (Å²) < 4.78 is 5.21. The van der Waals surface area contributed by atoms with Crippen molar-refractivity contribution >= 4 is 6.09 Å². The number of amides is 1. The van der Waals surface area contributed by atoms with Gasteiger partial charge in [0.2, 0.25) is 0 Å². The summed E-state index contributed by atoms with van der Waals surface area (Å²) in [6.07, 6.45) is 1.88. The van der Waals surface area contributed by atoms with Crippen molar-refractivity contribution in [2.75, 3.05) is 20.1 Å². The molecule has 0 rings (SSSR count). The molecular weight excluding hydrogens is 242 g/mol. The zero-order chi connectivity index (χ0) is 15.1. The third-order valence-electron chi connectivity index (χ3n) is 3.13. The molecule has 0 bridgehead atoms. The summed E-state index contributed by atoms with van der Waals surface area (Å²) in [7, 11) is 2.05. The Hall–Kier alpha value is -0.810. The molecule has 2 unspecified atom stereocenters. The maximum Gasteiger partial charge on any atom is 0.407 e. The lowest BCUT2D eigenvalue weighted by atomic mass is 10.1. The van der Waals surface area contributed by atoms with Gasteiger partial charge in [0.15, 0.2) is 0 Å². The highest BCUT2D eigenvalue weighted by molar-refractivity contribution is 5.67. The van der Waals surface area contributed by atoms with Crippen molar-refractivity contribution in [3.8, 4) is 0 Å². The molecule has 19 heavy (non-hydrogen) atoms. The first-order valence-corrected chi connectivity index (χ1v) is 7.10. The first kappa shape index (κ1) is 18.2. The van der Waals surface area contributed by atoms with E-state index in [1.807, 2.05) is 20.8 Å². The standard InChI is InChI=1S/C14H31N3O2/c1-7-8-11(2)17(6)12(9-15)10-16-13(18)19-14(3,4)5/h11-12H,7-10,15H2,1-6H3,(H,16,18). The van der Waals surface area contributed by atoms with Crippen molar-refractivity contribution in [2.24, 2.45) is 5.73 Å². The first-order chi connectivity index (χ1) is 8.71. The zero-order valence-electron chi connectivity index (χ0n) is 13.3. The van der Waals surface area contributed by atoms with Crippen molar-refractivity contribution in [1.82, 2.24) is 10.2 Å². The van der Waals surface area contributed by atoms with Crippen LogP contribution in [-0.2, 0) is 4.74 Å². The van der Waals surface area contributed by atoms with E-state index in [0.717, 1.165) is 12.8 Å². The largest absolute Gasteiger partial charge is 0.444 e. The number of rotatable bonds is 7. The highest BCUT2D eigenvalue weighted by Crippen LogP contribution is 2.09. The van der Waals surface area contributed by atoms with Crippen LogP contribution in [0.3, 0.4) is 0 Å². The Balaban J connectivity index is 4.23. The third kappa shape index (κ3) is 8.06. The van der Waals surface area contributed by atoms with Gasteiger partial charge in [-0.15, -0.1) is 0 Å². The summed E-state index contributed by atoms with van der Waals surface area (Å²) in [4.78, 5) is 13.8. The number of hydrogen-bond acceptors (Lipinski definition) is 4. The van der Waals surface area contributed by atoms with Crippen molar-refractivity contribution in [3.63, 3.8) is 0 Å². The number of ether oxygens (including phenoxy) is 1. The summed E-state index contributed by atoms with van der Waals surface area (Å²) in [5, 5.41) is 2.79. The molecule has 0 aliphatic heterocycles. The van der Waals surface area contributed by atoms with Gasteiger partial charge in [0, 0.05) is 25.2 Å². The van der Waals surface area contributed by atoms with Crippen LogP contribution in [0, 0.1) is 0 Å². The SMILES string of the molecule is CCCC(C)N(C)C(CN)CNC(=O)OC(C)(C)C. The predicted octanol–water partition coefficient (Wildman–Crippen LogP) is 1.96. The molecule has 0 aromatic rings. The smallest absolute Gasteiger partial charge is 0.407 e. The summed E-state index contributed by atoms with van der Waals surface area (Å²) in [6.45, 7) is 10.9. The number of carbonyl (C=O) groups excluding carboxylic acids is 1. The van der Waals surface area contributed by atoms with E-state index in [2.05, 4.69) is 31.1 Å². The van der Waals surface area contributed by atoms with Crippen LogP contribution in [0.2, 0.25) is 0 Å². The van der Waals surface area contributed by atoms with Gasteiger partial charge in [-0.05, 0) is 41.2 Å². The molecule has 0 aliphatic carbocycles. The number of carbonyl (C=O) groups is 1. The Kier molecular flexibility index (Phi) is 8.02.